The Morgan fingerprint density at radius 1 is 1.28 bits per heavy atom. The first-order valence-electron chi connectivity index (χ1n) is 5.98. The fourth-order valence-electron chi connectivity index (χ4n) is 1.44. The topological polar surface area (TPSA) is 76.7 Å². The Morgan fingerprint density at radius 3 is 2.67 bits per heavy atom. The lowest BCUT2D eigenvalue weighted by molar-refractivity contribution is 0.369. The third-order valence-electron chi connectivity index (χ3n) is 2.73. The van der Waals surface area contributed by atoms with Crippen molar-refractivity contribution in [3.63, 3.8) is 0 Å². The monoisotopic (exact) mass is 247 g/mol. The summed E-state index contributed by atoms with van der Waals surface area (Å²) in [4.78, 5) is 12.6. The summed E-state index contributed by atoms with van der Waals surface area (Å²) in [7, 11) is 1.93. The molecule has 0 aliphatic rings. The molecule has 2 aromatic heterocycles. The van der Waals surface area contributed by atoms with Crippen LogP contribution < -0.4 is 5.32 Å². The van der Waals surface area contributed by atoms with Crippen LogP contribution in [-0.4, -0.2) is 33.2 Å². The molecule has 6 heteroatoms. The molecule has 0 saturated heterocycles. The highest BCUT2D eigenvalue weighted by Crippen LogP contribution is 2.11. The predicted molar refractivity (Wildman–Crippen MR) is 66.9 cm³/mol. The lowest BCUT2D eigenvalue weighted by atomic mass is 10.2. The van der Waals surface area contributed by atoms with Gasteiger partial charge in [0.2, 0.25) is 17.5 Å². The van der Waals surface area contributed by atoms with Gasteiger partial charge in [0.15, 0.2) is 0 Å². The Bertz CT molecular complexity index is 493. The van der Waals surface area contributed by atoms with Crippen molar-refractivity contribution in [2.75, 3.05) is 7.05 Å². The summed E-state index contributed by atoms with van der Waals surface area (Å²) in [6.07, 6.45) is 5.18. The third-order valence-corrected chi connectivity index (χ3v) is 2.73. The Kier molecular flexibility index (Phi) is 3.99. The maximum absolute atomic E-state index is 5.18. The summed E-state index contributed by atoms with van der Waals surface area (Å²) in [5.74, 6) is 1.57. The van der Waals surface area contributed by atoms with Crippen LogP contribution in [0.2, 0.25) is 0 Å². The highest BCUT2D eigenvalue weighted by atomic mass is 16.5. The van der Waals surface area contributed by atoms with Crippen LogP contribution in [0.5, 0.6) is 0 Å². The molecule has 0 aliphatic heterocycles. The summed E-state index contributed by atoms with van der Waals surface area (Å²) < 4.78 is 5.18. The van der Waals surface area contributed by atoms with Crippen molar-refractivity contribution >= 4 is 0 Å². The fraction of sp³-hybridized carbons (Fsp3) is 0.500. The lowest BCUT2D eigenvalue weighted by Crippen LogP contribution is -2.21. The number of rotatable bonds is 5. The minimum Gasteiger partial charge on any atom is -0.339 e. The van der Waals surface area contributed by atoms with Gasteiger partial charge in [-0.2, -0.15) is 4.98 Å². The van der Waals surface area contributed by atoms with E-state index in [1.54, 1.807) is 12.4 Å². The number of aryl methyl sites for hydroxylation is 2. The Morgan fingerprint density at radius 2 is 2.00 bits per heavy atom. The number of hydrogen-bond acceptors (Lipinski definition) is 6. The first-order chi connectivity index (χ1) is 8.69. The van der Waals surface area contributed by atoms with Crippen LogP contribution in [0.15, 0.2) is 16.9 Å². The average molecular weight is 247 g/mol. The minimum atomic E-state index is 0.427. The molecule has 1 unspecified atom stereocenters. The second kappa shape index (κ2) is 5.68. The molecule has 0 aromatic carbocycles. The zero-order valence-electron chi connectivity index (χ0n) is 10.8. The molecule has 2 aromatic rings. The minimum absolute atomic E-state index is 0.427. The maximum Gasteiger partial charge on any atom is 0.240 e. The molecule has 0 radical (unpaired) electrons. The molecule has 0 aliphatic carbocycles. The molecule has 6 nitrogen and oxygen atoms in total. The summed E-state index contributed by atoms with van der Waals surface area (Å²) in [5.41, 5.74) is 1.00. The van der Waals surface area contributed by atoms with E-state index < -0.39 is 0 Å². The summed E-state index contributed by atoms with van der Waals surface area (Å²) in [6, 6.07) is 0.427. The van der Waals surface area contributed by atoms with Gasteiger partial charge in [-0.25, -0.2) is 9.97 Å². The number of aromatic nitrogens is 4. The van der Waals surface area contributed by atoms with Gasteiger partial charge in [-0.15, -0.1) is 0 Å². The molecule has 0 amide bonds. The van der Waals surface area contributed by atoms with Crippen LogP contribution in [0.1, 0.15) is 24.8 Å². The van der Waals surface area contributed by atoms with Gasteiger partial charge in [-0.3, -0.25) is 0 Å². The molecular formula is C12H17N5O. The molecule has 1 N–H and O–H groups in total. The van der Waals surface area contributed by atoms with Crippen LogP contribution >= 0.6 is 0 Å². The van der Waals surface area contributed by atoms with Gasteiger partial charge in [0.25, 0.3) is 0 Å². The van der Waals surface area contributed by atoms with Crippen molar-refractivity contribution in [1.29, 1.82) is 0 Å². The van der Waals surface area contributed by atoms with E-state index >= 15 is 0 Å². The zero-order chi connectivity index (χ0) is 13.0. The Labute approximate surface area is 106 Å². The van der Waals surface area contributed by atoms with Gasteiger partial charge in [0.1, 0.15) is 0 Å². The van der Waals surface area contributed by atoms with Crippen molar-refractivity contribution < 1.29 is 4.52 Å². The van der Waals surface area contributed by atoms with E-state index in [-0.39, 0.29) is 0 Å². The van der Waals surface area contributed by atoms with Gasteiger partial charge in [-0.05, 0) is 32.9 Å². The first-order valence-corrected chi connectivity index (χ1v) is 5.98. The van der Waals surface area contributed by atoms with Gasteiger partial charge in [0.05, 0.1) is 0 Å². The van der Waals surface area contributed by atoms with Crippen LogP contribution in [0.4, 0.5) is 0 Å². The molecule has 96 valence electrons. The van der Waals surface area contributed by atoms with E-state index in [9.17, 15) is 0 Å². The van der Waals surface area contributed by atoms with Gasteiger partial charge >= 0.3 is 0 Å². The molecule has 2 heterocycles. The fourth-order valence-corrected chi connectivity index (χ4v) is 1.44. The highest BCUT2D eigenvalue weighted by Gasteiger charge is 2.11. The first kappa shape index (κ1) is 12.6. The van der Waals surface area contributed by atoms with Crippen molar-refractivity contribution in [3.05, 3.63) is 23.8 Å². The van der Waals surface area contributed by atoms with Crippen LogP contribution in [0, 0.1) is 6.92 Å². The summed E-state index contributed by atoms with van der Waals surface area (Å²) in [5, 5.41) is 7.05. The average Bonchev–Trinajstić information content (AvgIpc) is 2.85. The quantitative estimate of drug-likeness (QED) is 0.860. The predicted octanol–water partition coefficient (Wildman–Crippen LogP) is 1.38. The Balaban J connectivity index is 2.03. The molecule has 1 atom stereocenters. The maximum atomic E-state index is 5.18. The van der Waals surface area contributed by atoms with Crippen molar-refractivity contribution in [2.24, 2.45) is 0 Å². The molecule has 18 heavy (non-hydrogen) atoms. The molecule has 2 rings (SSSR count). The van der Waals surface area contributed by atoms with E-state index in [0.29, 0.717) is 23.6 Å². The molecule has 0 fully saturated rings. The smallest absolute Gasteiger partial charge is 0.240 e. The Hall–Kier alpha value is -1.82. The molecule has 0 bridgehead atoms. The summed E-state index contributed by atoms with van der Waals surface area (Å²) >= 11 is 0. The van der Waals surface area contributed by atoms with Crippen LogP contribution in [0.25, 0.3) is 11.6 Å². The van der Waals surface area contributed by atoms with Gasteiger partial charge in [-0.1, -0.05) is 5.16 Å². The number of nitrogens with zero attached hydrogens (tertiary/aromatic N) is 4. The van der Waals surface area contributed by atoms with E-state index in [1.807, 2.05) is 14.0 Å². The SMILES string of the molecule is CNC(C)CCc1nc(-c2ncc(C)cn2)no1. The molecular weight excluding hydrogens is 230 g/mol. The standard InChI is InChI=1S/C12H17N5O/c1-8-6-14-11(15-7-8)12-16-10(18-17-12)5-4-9(2)13-3/h6-7,9,13H,4-5H2,1-3H3. The van der Waals surface area contributed by atoms with Gasteiger partial charge < -0.3 is 9.84 Å². The van der Waals surface area contributed by atoms with Crippen molar-refractivity contribution in [3.8, 4) is 11.6 Å². The lowest BCUT2D eigenvalue weighted by Gasteiger charge is -2.06. The van der Waals surface area contributed by atoms with E-state index in [4.69, 9.17) is 4.52 Å². The molecule has 0 saturated carbocycles. The summed E-state index contributed by atoms with van der Waals surface area (Å²) in [6.45, 7) is 4.05. The second-order valence-corrected chi connectivity index (χ2v) is 4.32. The zero-order valence-corrected chi connectivity index (χ0v) is 10.8. The van der Waals surface area contributed by atoms with Crippen LogP contribution in [0.3, 0.4) is 0 Å². The number of nitrogens with one attached hydrogen (secondary N) is 1. The van der Waals surface area contributed by atoms with Crippen LogP contribution in [-0.2, 0) is 6.42 Å². The largest absolute Gasteiger partial charge is 0.339 e. The third kappa shape index (κ3) is 3.10. The molecule has 0 spiro atoms. The number of hydrogen-bond donors (Lipinski definition) is 1. The highest BCUT2D eigenvalue weighted by molar-refractivity contribution is 5.40. The van der Waals surface area contributed by atoms with E-state index in [2.05, 4.69) is 32.3 Å². The van der Waals surface area contributed by atoms with E-state index in [1.165, 1.54) is 0 Å². The van der Waals surface area contributed by atoms with E-state index in [0.717, 1.165) is 18.4 Å². The second-order valence-electron chi connectivity index (χ2n) is 4.32. The normalized spacial score (nSPS) is 12.6. The van der Waals surface area contributed by atoms with Crippen molar-refractivity contribution in [2.45, 2.75) is 32.7 Å². The van der Waals surface area contributed by atoms with Gasteiger partial charge in [0, 0.05) is 24.9 Å². The van der Waals surface area contributed by atoms with Crippen molar-refractivity contribution in [1.82, 2.24) is 25.4 Å².